The number of aromatic nitrogens is 6. The van der Waals surface area contributed by atoms with Crippen molar-refractivity contribution in [2.45, 2.75) is 6.54 Å². The molecule has 0 atom stereocenters. The van der Waals surface area contributed by atoms with Crippen LogP contribution in [-0.2, 0) is 6.54 Å². The van der Waals surface area contributed by atoms with Crippen LogP contribution in [0.3, 0.4) is 0 Å². The van der Waals surface area contributed by atoms with Crippen molar-refractivity contribution in [1.82, 2.24) is 29.4 Å². The van der Waals surface area contributed by atoms with E-state index in [2.05, 4.69) is 25.5 Å². The second-order valence-corrected chi connectivity index (χ2v) is 8.28. The Hall–Kier alpha value is -3.27. The quantitative estimate of drug-likeness (QED) is 0.404. The number of carbonyl (C=O) groups excluding carboxylic acids is 1. The van der Waals surface area contributed by atoms with Crippen LogP contribution < -0.4 is 5.32 Å². The van der Waals surface area contributed by atoms with E-state index in [0.29, 0.717) is 27.8 Å². The van der Waals surface area contributed by atoms with Gasteiger partial charge in [0.2, 0.25) is 5.95 Å². The van der Waals surface area contributed by atoms with Gasteiger partial charge in [0.15, 0.2) is 5.65 Å². The fraction of sp³-hybridized carbons (Fsp3) is 0.0500. The third-order valence-corrected chi connectivity index (χ3v) is 6.16. The number of amides is 1. The van der Waals surface area contributed by atoms with Gasteiger partial charge >= 0.3 is 0 Å². The first-order valence-electron chi connectivity index (χ1n) is 9.10. The molecule has 5 aromatic rings. The normalized spacial score (nSPS) is 11.2. The molecule has 0 spiro atoms. The molecule has 8 nitrogen and oxygen atoms in total. The van der Waals surface area contributed by atoms with E-state index in [4.69, 9.17) is 23.2 Å². The molecule has 0 unspecified atom stereocenters. The molecule has 11 heteroatoms. The van der Waals surface area contributed by atoms with Crippen LogP contribution in [0.25, 0.3) is 16.2 Å². The number of hydrogen-bond donors (Lipinski definition) is 1. The lowest BCUT2D eigenvalue weighted by Gasteiger charge is -2.06. The monoisotopic (exact) mass is 469 g/mol. The maximum Gasteiger partial charge on any atom is 0.263 e. The Kier molecular flexibility index (Phi) is 5.14. The Morgan fingerprint density at radius 3 is 2.71 bits per heavy atom. The SMILES string of the molecule is O=C(Nc1ncn(Cc2c(Cl)cccc2Cl)n1)c1cnn2c(-c3cccs3)ccnc12. The highest BCUT2D eigenvalue weighted by Crippen LogP contribution is 2.26. The summed E-state index contributed by atoms with van der Waals surface area (Å²) < 4.78 is 3.19. The summed E-state index contributed by atoms with van der Waals surface area (Å²) in [7, 11) is 0. The van der Waals surface area contributed by atoms with Gasteiger partial charge in [-0.1, -0.05) is 35.3 Å². The van der Waals surface area contributed by atoms with Crippen molar-refractivity contribution in [3.63, 3.8) is 0 Å². The highest BCUT2D eigenvalue weighted by molar-refractivity contribution is 7.13. The number of fused-ring (bicyclic) bond motifs is 1. The third-order valence-electron chi connectivity index (χ3n) is 4.56. The van der Waals surface area contributed by atoms with Gasteiger partial charge in [0, 0.05) is 21.8 Å². The summed E-state index contributed by atoms with van der Waals surface area (Å²) in [6.45, 7) is 0.323. The third kappa shape index (κ3) is 3.78. The van der Waals surface area contributed by atoms with Crippen molar-refractivity contribution >= 4 is 52.0 Å². The predicted octanol–water partition coefficient (Wildman–Crippen LogP) is 4.66. The molecule has 31 heavy (non-hydrogen) atoms. The van der Waals surface area contributed by atoms with Crippen molar-refractivity contribution in [1.29, 1.82) is 0 Å². The van der Waals surface area contributed by atoms with Gasteiger partial charge in [0.1, 0.15) is 11.9 Å². The number of nitrogens with zero attached hydrogens (tertiary/aromatic N) is 6. The first kappa shape index (κ1) is 19.7. The minimum Gasteiger partial charge on any atom is -0.289 e. The molecular weight excluding hydrogens is 457 g/mol. The molecule has 5 rings (SSSR count). The summed E-state index contributed by atoms with van der Waals surface area (Å²) >= 11 is 14.0. The summed E-state index contributed by atoms with van der Waals surface area (Å²) in [5.74, 6) is -0.249. The Balaban J connectivity index is 1.38. The molecule has 0 fully saturated rings. The molecule has 4 aromatic heterocycles. The van der Waals surface area contributed by atoms with E-state index in [9.17, 15) is 4.79 Å². The molecule has 1 aromatic carbocycles. The molecule has 0 bridgehead atoms. The standard InChI is InChI=1S/C20H13Cl2N7OS/c21-14-3-1-4-15(22)13(14)10-28-11-24-20(27-28)26-19(30)12-9-25-29-16(6-7-23-18(12)29)17-5-2-8-31-17/h1-9,11H,10H2,(H,26,27,30). The Bertz CT molecular complexity index is 1370. The van der Waals surface area contributed by atoms with Crippen molar-refractivity contribution in [2.24, 2.45) is 0 Å². The first-order chi connectivity index (χ1) is 15.1. The van der Waals surface area contributed by atoms with Gasteiger partial charge in [-0.25, -0.2) is 19.2 Å². The van der Waals surface area contributed by atoms with E-state index in [1.54, 1.807) is 44.9 Å². The van der Waals surface area contributed by atoms with Gasteiger partial charge in [0.05, 0.1) is 23.3 Å². The lowest BCUT2D eigenvalue weighted by molar-refractivity contribution is 0.102. The first-order valence-corrected chi connectivity index (χ1v) is 10.7. The van der Waals surface area contributed by atoms with Gasteiger partial charge < -0.3 is 0 Å². The minimum atomic E-state index is -0.403. The summed E-state index contributed by atoms with van der Waals surface area (Å²) in [4.78, 5) is 22.3. The van der Waals surface area contributed by atoms with E-state index in [1.807, 2.05) is 23.6 Å². The predicted molar refractivity (Wildman–Crippen MR) is 120 cm³/mol. The van der Waals surface area contributed by atoms with Crippen LogP contribution in [0.4, 0.5) is 5.95 Å². The van der Waals surface area contributed by atoms with Crippen LogP contribution in [0.1, 0.15) is 15.9 Å². The van der Waals surface area contributed by atoms with Gasteiger partial charge in [-0.2, -0.15) is 5.10 Å². The molecule has 1 N–H and O–H groups in total. The topological polar surface area (TPSA) is 90.0 Å². The van der Waals surface area contributed by atoms with Crippen molar-refractivity contribution < 1.29 is 4.79 Å². The van der Waals surface area contributed by atoms with Crippen LogP contribution in [0, 0.1) is 0 Å². The van der Waals surface area contributed by atoms with Crippen LogP contribution in [0.15, 0.2) is 60.5 Å². The lowest BCUT2D eigenvalue weighted by Crippen LogP contribution is -2.14. The zero-order chi connectivity index (χ0) is 21.4. The van der Waals surface area contributed by atoms with Crippen molar-refractivity contribution in [2.75, 3.05) is 5.32 Å². The van der Waals surface area contributed by atoms with E-state index in [1.165, 1.54) is 12.5 Å². The lowest BCUT2D eigenvalue weighted by atomic mass is 10.2. The largest absolute Gasteiger partial charge is 0.289 e. The number of rotatable bonds is 5. The van der Waals surface area contributed by atoms with E-state index >= 15 is 0 Å². The Morgan fingerprint density at radius 1 is 1.10 bits per heavy atom. The summed E-state index contributed by atoms with van der Waals surface area (Å²) in [6.07, 6.45) is 4.64. The molecular formula is C20H13Cl2N7OS. The zero-order valence-corrected chi connectivity index (χ0v) is 18.1. The van der Waals surface area contributed by atoms with Crippen LogP contribution >= 0.6 is 34.5 Å². The highest BCUT2D eigenvalue weighted by atomic mass is 35.5. The minimum absolute atomic E-state index is 0.155. The van der Waals surface area contributed by atoms with Crippen molar-refractivity contribution in [3.8, 4) is 10.6 Å². The average Bonchev–Trinajstić information content (AvgIpc) is 3.51. The number of thiophene rings is 1. The van der Waals surface area contributed by atoms with Gasteiger partial charge in [0.25, 0.3) is 5.91 Å². The van der Waals surface area contributed by atoms with E-state index < -0.39 is 5.91 Å². The number of halogens is 2. The summed E-state index contributed by atoms with van der Waals surface area (Å²) in [5.41, 5.74) is 2.36. The second-order valence-electron chi connectivity index (χ2n) is 6.52. The van der Waals surface area contributed by atoms with Crippen LogP contribution in [0.5, 0.6) is 0 Å². The number of carbonyl (C=O) groups is 1. The molecule has 0 saturated heterocycles. The number of nitrogens with one attached hydrogen (secondary N) is 1. The fourth-order valence-corrected chi connectivity index (χ4v) is 4.36. The summed E-state index contributed by atoms with van der Waals surface area (Å²) in [6, 6.07) is 11.1. The summed E-state index contributed by atoms with van der Waals surface area (Å²) in [5, 5.41) is 14.4. The molecule has 0 aliphatic rings. The Labute approximate surface area is 190 Å². The molecule has 0 aliphatic heterocycles. The van der Waals surface area contributed by atoms with Gasteiger partial charge in [-0.3, -0.25) is 10.1 Å². The number of anilines is 1. The zero-order valence-electron chi connectivity index (χ0n) is 15.7. The number of hydrogen-bond acceptors (Lipinski definition) is 6. The molecule has 0 aliphatic carbocycles. The van der Waals surface area contributed by atoms with E-state index in [0.717, 1.165) is 16.1 Å². The average molecular weight is 470 g/mol. The van der Waals surface area contributed by atoms with E-state index in [-0.39, 0.29) is 5.95 Å². The second kappa shape index (κ2) is 8.10. The maximum absolute atomic E-state index is 12.8. The van der Waals surface area contributed by atoms with Gasteiger partial charge in [-0.05, 0) is 29.6 Å². The van der Waals surface area contributed by atoms with Crippen molar-refractivity contribution in [3.05, 3.63) is 81.7 Å². The van der Waals surface area contributed by atoms with Gasteiger partial charge in [-0.15, -0.1) is 16.4 Å². The highest BCUT2D eigenvalue weighted by Gasteiger charge is 2.18. The molecule has 4 heterocycles. The molecule has 1 amide bonds. The van der Waals surface area contributed by atoms with Crippen LogP contribution in [0.2, 0.25) is 10.0 Å². The number of benzene rings is 1. The smallest absolute Gasteiger partial charge is 0.263 e. The fourth-order valence-electron chi connectivity index (χ4n) is 3.10. The van der Waals surface area contributed by atoms with Crippen LogP contribution in [-0.4, -0.2) is 35.3 Å². The molecule has 0 radical (unpaired) electrons. The molecule has 154 valence electrons. The Morgan fingerprint density at radius 2 is 1.94 bits per heavy atom. The maximum atomic E-state index is 12.8. The molecule has 0 saturated carbocycles.